The van der Waals surface area contributed by atoms with Crippen LogP contribution in [0.15, 0.2) is 24.3 Å². The predicted octanol–water partition coefficient (Wildman–Crippen LogP) is 2.94. The molecule has 2 rings (SSSR count). The molecule has 0 bridgehead atoms. The van der Waals surface area contributed by atoms with Gasteiger partial charge in [0.2, 0.25) is 0 Å². The zero-order valence-corrected chi connectivity index (χ0v) is 10.8. The summed E-state index contributed by atoms with van der Waals surface area (Å²) in [5, 5.41) is 3.43. The molecule has 1 saturated carbocycles. The van der Waals surface area contributed by atoms with Gasteiger partial charge in [0.25, 0.3) is 0 Å². The molecule has 0 radical (unpaired) electrons. The van der Waals surface area contributed by atoms with Gasteiger partial charge in [-0.25, -0.2) is 0 Å². The van der Waals surface area contributed by atoms with Crippen LogP contribution in [0.4, 0.5) is 0 Å². The van der Waals surface area contributed by atoms with Crippen molar-refractivity contribution < 1.29 is 4.79 Å². The topological polar surface area (TPSA) is 29.1 Å². The van der Waals surface area contributed by atoms with Crippen LogP contribution in [-0.4, -0.2) is 12.3 Å². The van der Waals surface area contributed by atoms with E-state index in [0.717, 1.165) is 31.4 Å². The lowest BCUT2D eigenvalue weighted by atomic mass is 9.75. The minimum atomic E-state index is -0.416. The first-order valence-corrected chi connectivity index (χ1v) is 6.54. The van der Waals surface area contributed by atoms with Gasteiger partial charge in [-0.05, 0) is 31.9 Å². The quantitative estimate of drug-likeness (QED) is 0.866. The van der Waals surface area contributed by atoms with Gasteiger partial charge in [-0.1, -0.05) is 43.2 Å². The SMILES string of the molecule is CCNC1(c2ccc(C)cc2)CCCCC1=O. The van der Waals surface area contributed by atoms with Crippen molar-refractivity contribution in [2.24, 2.45) is 0 Å². The Balaban J connectivity index is 2.39. The van der Waals surface area contributed by atoms with Crippen LogP contribution in [0.2, 0.25) is 0 Å². The number of hydrogen-bond acceptors (Lipinski definition) is 2. The molecule has 1 aromatic rings. The zero-order chi connectivity index (χ0) is 12.3. The van der Waals surface area contributed by atoms with E-state index < -0.39 is 5.54 Å². The van der Waals surface area contributed by atoms with Crippen molar-refractivity contribution >= 4 is 5.78 Å². The highest BCUT2D eigenvalue weighted by Crippen LogP contribution is 2.34. The van der Waals surface area contributed by atoms with E-state index in [4.69, 9.17) is 0 Å². The molecule has 1 atom stereocenters. The van der Waals surface area contributed by atoms with Gasteiger partial charge in [-0.15, -0.1) is 0 Å². The van der Waals surface area contributed by atoms with Gasteiger partial charge >= 0.3 is 0 Å². The minimum Gasteiger partial charge on any atom is -0.302 e. The molecule has 2 nitrogen and oxygen atoms in total. The molecule has 2 heteroatoms. The minimum absolute atomic E-state index is 0.356. The molecule has 1 aromatic carbocycles. The summed E-state index contributed by atoms with van der Waals surface area (Å²) in [7, 11) is 0. The van der Waals surface area contributed by atoms with Crippen LogP contribution in [-0.2, 0) is 10.3 Å². The Morgan fingerprint density at radius 2 is 1.94 bits per heavy atom. The Morgan fingerprint density at radius 1 is 1.24 bits per heavy atom. The largest absolute Gasteiger partial charge is 0.302 e. The molecule has 1 aliphatic rings. The van der Waals surface area contributed by atoms with E-state index in [-0.39, 0.29) is 0 Å². The lowest BCUT2D eigenvalue weighted by Crippen LogP contribution is -2.50. The third-order valence-corrected chi connectivity index (χ3v) is 3.70. The van der Waals surface area contributed by atoms with Gasteiger partial charge in [0.1, 0.15) is 5.54 Å². The summed E-state index contributed by atoms with van der Waals surface area (Å²) in [4.78, 5) is 12.3. The highest BCUT2D eigenvalue weighted by atomic mass is 16.1. The van der Waals surface area contributed by atoms with E-state index in [1.807, 2.05) is 0 Å². The fourth-order valence-corrected chi connectivity index (χ4v) is 2.76. The molecule has 0 saturated heterocycles. The maximum Gasteiger partial charge on any atom is 0.157 e. The molecule has 92 valence electrons. The van der Waals surface area contributed by atoms with Crippen LogP contribution in [0.1, 0.15) is 43.7 Å². The molecular weight excluding hydrogens is 210 g/mol. The van der Waals surface area contributed by atoms with Crippen LogP contribution in [0.5, 0.6) is 0 Å². The van der Waals surface area contributed by atoms with E-state index in [9.17, 15) is 4.79 Å². The standard InChI is InChI=1S/C15H21NO/c1-3-16-15(11-5-4-6-14(15)17)13-9-7-12(2)8-10-13/h7-10,16H,3-6,11H2,1-2H3. The molecule has 0 aromatic heterocycles. The maximum atomic E-state index is 12.3. The fraction of sp³-hybridized carbons (Fsp3) is 0.533. The second-order valence-corrected chi connectivity index (χ2v) is 4.93. The Labute approximate surface area is 103 Å². The summed E-state index contributed by atoms with van der Waals surface area (Å²) in [5.41, 5.74) is 1.96. The number of ketones is 1. The van der Waals surface area contributed by atoms with Gasteiger partial charge < -0.3 is 5.32 Å². The van der Waals surface area contributed by atoms with Crippen molar-refractivity contribution in [3.63, 3.8) is 0 Å². The molecule has 0 heterocycles. The molecular formula is C15H21NO. The van der Waals surface area contributed by atoms with Crippen molar-refractivity contribution in [1.82, 2.24) is 5.32 Å². The second-order valence-electron chi connectivity index (χ2n) is 4.93. The first-order chi connectivity index (χ1) is 8.19. The zero-order valence-electron chi connectivity index (χ0n) is 10.8. The molecule has 0 aliphatic heterocycles. The summed E-state index contributed by atoms with van der Waals surface area (Å²) in [6, 6.07) is 8.38. The number of benzene rings is 1. The van der Waals surface area contributed by atoms with E-state index in [2.05, 4.69) is 43.4 Å². The number of rotatable bonds is 3. The Hall–Kier alpha value is -1.15. The smallest absolute Gasteiger partial charge is 0.157 e. The summed E-state index contributed by atoms with van der Waals surface area (Å²) in [5.74, 6) is 0.356. The number of nitrogens with one attached hydrogen (secondary N) is 1. The summed E-state index contributed by atoms with van der Waals surface area (Å²) >= 11 is 0. The predicted molar refractivity (Wildman–Crippen MR) is 70.0 cm³/mol. The Kier molecular flexibility index (Phi) is 3.63. The van der Waals surface area contributed by atoms with Crippen molar-refractivity contribution in [3.05, 3.63) is 35.4 Å². The summed E-state index contributed by atoms with van der Waals surface area (Å²) in [6.45, 7) is 4.98. The van der Waals surface area contributed by atoms with Crippen LogP contribution in [0.25, 0.3) is 0 Å². The van der Waals surface area contributed by atoms with Crippen LogP contribution in [0.3, 0.4) is 0 Å². The number of hydrogen-bond donors (Lipinski definition) is 1. The van der Waals surface area contributed by atoms with E-state index in [1.54, 1.807) is 0 Å². The molecule has 0 amide bonds. The van der Waals surface area contributed by atoms with Crippen LogP contribution in [0, 0.1) is 6.92 Å². The van der Waals surface area contributed by atoms with Gasteiger partial charge in [0.15, 0.2) is 5.78 Å². The maximum absolute atomic E-state index is 12.3. The lowest BCUT2D eigenvalue weighted by Gasteiger charge is -2.37. The third kappa shape index (κ3) is 2.27. The first kappa shape index (κ1) is 12.3. The number of Topliss-reactive ketones (excluding diaryl/α,β-unsaturated/α-hetero) is 1. The summed E-state index contributed by atoms with van der Waals surface area (Å²) < 4.78 is 0. The van der Waals surface area contributed by atoms with Gasteiger partial charge in [-0.2, -0.15) is 0 Å². The highest BCUT2D eigenvalue weighted by Gasteiger charge is 2.40. The van der Waals surface area contributed by atoms with Crippen molar-refractivity contribution in [2.45, 2.75) is 45.1 Å². The first-order valence-electron chi connectivity index (χ1n) is 6.54. The monoisotopic (exact) mass is 231 g/mol. The number of carbonyl (C=O) groups excluding carboxylic acids is 1. The van der Waals surface area contributed by atoms with E-state index >= 15 is 0 Å². The molecule has 0 spiro atoms. The number of carbonyl (C=O) groups is 1. The summed E-state index contributed by atoms with van der Waals surface area (Å²) in [6.07, 6.45) is 3.81. The van der Waals surface area contributed by atoms with Gasteiger partial charge in [0.05, 0.1) is 0 Å². The van der Waals surface area contributed by atoms with E-state index in [0.29, 0.717) is 12.2 Å². The highest BCUT2D eigenvalue weighted by molar-refractivity contribution is 5.90. The van der Waals surface area contributed by atoms with Gasteiger partial charge in [-0.3, -0.25) is 4.79 Å². The second kappa shape index (κ2) is 5.01. The average Bonchev–Trinajstić information content (AvgIpc) is 2.33. The van der Waals surface area contributed by atoms with E-state index in [1.165, 1.54) is 5.56 Å². The normalized spacial score (nSPS) is 24.9. The average molecular weight is 231 g/mol. The van der Waals surface area contributed by atoms with Gasteiger partial charge in [0, 0.05) is 6.42 Å². The van der Waals surface area contributed by atoms with Crippen molar-refractivity contribution in [1.29, 1.82) is 0 Å². The van der Waals surface area contributed by atoms with Crippen molar-refractivity contribution in [2.75, 3.05) is 6.54 Å². The number of aryl methyl sites for hydroxylation is 1. The number of likely N-dealkylation sites (N-methyl/N-ethyl adjacent to an activating group) is 1. The fourth-order valence-electron chi connectivity index (χ4n) is 2.76. The Morgan fingerprint density at radius 3 is 2.53 bits per heavy atom. The van der Waals surface area contributed by atoms with Crippen LogP contribution < -0.4 is 5.32 Å². The Bertz CT molecular complexity index is 392. The molecule has 17 heavy (non-hydrogen) atoms. The third-order valence-electron chi connectivity index (χ3n) is 3.70. The molecule has 1 N–H and O–H groups in total. The molecule has 1 fully saturated rings. The lowest BCUT2D eigenvalue weighted by molar-refractivity contribution is -0.128. The van der Waals surface area contributed by atoms with Crippen LogP contribution >= 0.6 is 0 Å². The van der Waals surface area contributed by atoms with Crippen molar-refractivity contribution in [3.8, 4) is 0 Å². The molecule has 1 aliphatic carbocycles. The molecule has 1 unspecified atom stereocenters.